The number of nitrogens with zero attached hydrogens (tertiary/aromatic N) is 2. The maximum absolute atomic E-state index is 11.9. The summed E-state index contributed by atoms with van der Waals surface area (Å²) in [6.45, 7) is 3.77. The first-order valence-electron chi connectivity index (χ1n) is 10.1. The van der Waals surface area contributed by atoms with Crippen molar-refractivity contribution in [1.29, 1.82) is 0 Å². The molecular weight excluding hydrogens is 408 g/mol. The second-order valence-electron chi connectivity index (χ2n) is 7.42. The lowest BCUT2D eigenvalue weighted by atomic mass is 10.1. The third-order valence-corrected chi connectivity index (χ3v) is 5.17. The minimum Gasteiger partial charge on any atom is -0.497 e. The van der Waals surface area contributed by atoms with E-state index >= 15 is 0 Å². The molecule has 0 radical (unpaired) electrons. The molecule has 0 aliphatic carbocycles. The Hall–Kier alpha value is -3.94. The number of aromatic amines is 2. The third kappa shape index (κ3) is 4.54. The summed E-state index contributed by atoms with van der Waals surface area (Å²) in [5.41, 5.74) is 4.82. The molecule has 8 heteroatoms. The highest BCUT2D eigenvalue weighted by molar-refractivity contribution is 5.67. The molecule has 0 spiro atoms. The van der Waals surface area contributed by atoms with Crippen LogP contribution in [0.1, 0.15) is 11.4 Å². The van der Waals surface area contributed by atoms with Crippen molar-refractivity contribution in [3.05, 3.63) is 80.6 Å². The van der Waals surface area contributed by atoms with Crippen LogP contribution in [0.5, 0.6) is 11.5 Å². The highest BCUT2D eigenvalue weighted by Crippen LogP contribution is 2.24. The molecule has 32 heavy (non-hydrogen) atoms. The fourth-order valence-electron chi connectivity index (χ4n) is 3.61. The van der Waals surface area contributed by atoms with E-state index in [1.807, 2.05) is 62.4 Å². The molecule has 168 valence electrons. The predicted octanol–water partition coefficient (Wildman–Crippen LogP) is 3.39. The number of ether oxygens (including phenoxy) is 2. The molecule has 0 saturated carbocycles. The zero-order valence-corrected chi connectivity index (χ0v) is 19.1. The van der Waals surface area contributed by atoms with E-state index in [0.29, 0.717) is 11.1 Å². The van der Waals surface area contributed by atoms with Gasteiger partial charge < -0.3 is 9.47 Å². The van der Waals surface area contributed by atoms with Gasteiger partial charge in [-0.05, 0) is 49.2 Å². The van der Waals surface area contributed by atoms with E-state index in [1.54, 1.807) is 28.3 Å². The molecule has 0 bridgehead atoms. The van der Waals surface area contributed by atoms with Crippen molar-refractivity contribution in [2.24, 2.45) is 14.1 Å². The largest absolute Gasteiger partial charge is 0.497 e. The number of rotatable bonds is 4. The Labute approximate surface area is 186 Å². The van der Waals surface area contributed by atoms with Gasteiger partial charge in [-0.15, -0.1) is 0 Å². The van der Waals surface area contributed by atoms with Crippen LogP contribution in [-0.2, 0) is 14.1 Å². The van der Waals surface area contributed by atoms with E-state index < -0.39 is 0 Å². The summed E-state index contributed by atoms with van der Waals surface area (Å²) in [4.78, 5) is 23.8. The number of methoxy groups -OCH3 is 2. The molecule has 0 aliphatic rings. The van der Waals surface area contributed by atoms with E-state index in [1.165, 1.54) is 9.36 Å². The lowest BCUT2D eigenvalue weighted by Crippen LogP contribution is -2.13. The number of H-pyrrole nitrogens is 2. The second-order valence-corrected chi connectivity index (χ2v) is 7.42. The van der Waals surface area contributed by atoms with E-state index in [-0.39, 0.29) is 11.1 Å². The van der Waals surface area contributed by atoms with E-state index in [2.05, 4.69) is 10.2 Å². The second kappa shape index (κ2) is 9.47. The maximum atomic E-state index is 11.9. The molecule has 0 unspecified atom stereocenters. The van der Waals surface area contributed by atoms with Crippen molar-refractivity contribution in [2.45, 2.75) is 13.8 Å². The fourth-order valence-corrected chi connectivity index (χ4v) is 3.61. The summed E-state index contributed by atoms with van der Waals surface area (Å²) in [5.74, 6) is 1.50. The lowest BCUT2D eigenvalue weighted by Gasteiger charge is -2.02. The summed E-state index contributed by atoms with van der Waals surface area (Å²) in [6, 6.07) is 15.0. The molecule has 2 N–H and O–H groups in total. The Bertz CT molecular complexity index is 1240. The van der Waals surface area contributed by atoms with Gasteiger partial charge in [0.2, 0.25) is 0 Å². The van der Waals surface area contributed by atoms with Crippen LogP contribution < -0.4 is 20.6 Å². The molecule has 0 atom stereocenters. The minimum absolute atomic E-state index is 0.0225. The molecule has 8 nitrogen and oxygen atoms in total. The molecule has 2 aromatic heterocycles. The minimum atomic E-state index is -0.0225. The van der Waals surface area contributed by atoms with Gasteiger partial charge in [0.25, 0.3) is 11.1 Å². The summed E-state index contributed by atoms with van der Waals surface area (Å²) in [5, 5.41) is 5.95. The molecule has 2 heterocycles. The monoisotopic (exact) mass is 436 g/mol. The van der Waals surface area contributed by atoms with Crippen LogP contribution in [-0.4, -0.2) is 33.8 Å². The number of hydrogen-bond acceptors (Lipinski definition) is 4. The molecule has 4 rings (SSSR count). The van der Waals surface area contributed by atoms with Gasteiger partial charge in [0.15, 0.2) is 0 Å². The normalized spacial score (nSPS) is 10.4. The van der Waals surface area contributed by atoms with Crippen LogP contribution in [0.2, 0.25) is 0 Å². The highest BCUT2D eigenvalue weighted by Gasteiger charge is 2.12. The first-order chi connectivity index (χ1) is 15.3. The molecule has 0 amide bonds. The maximum Gasteiger partial charge on any atom is 0.274 e. The van der Waals surface area contributed by atoms with Crippen LogP contribution in [0.3, 0.4) is 0 Å². The molecule has 0 saturated heterocycles. The highest BCUT2D eigenvalue weighted by atomic mass is 16.5. The van der Waals surface area contributed by atoms with Crippen molar-refractivity contribution in [3.63, 3.8) is 0 Å². The number of benzene rings is 2. The average molecular weight is 437 g/mol. The Kier molecular flexibility index (Phi) is 6.73. The molecule has 4 aromatic rings. The zero-order valence-electron chi connectivity index (χ0n) is 19.1. The average Bonchev–Trinajstić information content (AvgIpc) is 3.20. The smallest absolute Gasteiger partial charge is 0.274 e. The SMILES string of the molecule is COc1cccc(-c2c(C)[nH]n(C)c2=O)c1.COc1cccc(-c2c(C)[nH]n(C)c2=O)c1. The zero-order chi connectivity index (χ0) is 23.4. The first-order valence-corrected chi connectivity index (χ1v) is 10.1. The molecular formula is C24H28N4O4. The van der Waals surface area contributed by atoms with Gasteiger partial charge in [0, 0.05) is 25.5 Å². The first kappa shape index (κ1) is 22.7. The Balaban J connectivity index is 0.000000181. The van der Waals surface area contributed by atoms with Crippen LogP contribution in [0.4, 0.5) is 0 Å². The molecule has 2 aromatic carbocycles. The summed E-state index contributed by atoms with van der Waals surface area (Å²) in [7, 11) is 6.64. The van der Waals surface area contributed by atoms with Gasteiger partial charge in [0.05, 0.1) is 25.3 Å². The van der Waals surface area contributed by atoms with Crippen molar-refractivity contribution in [2.75, 3.05) is 14.2 Å². The number of aryl methyl sites for hydroxylation is 4. The Morgan fingerprint density at radius 3 is 1.34 bits per heavy atom. The predicted molar refractivity (Wildman–Crippen MR) is 126 cm³/mol. The van der Waals surface area contributed by atoms with Crippen LogP contribution in [0.25, 0.3) is 22.3 Å². The van der Waals surface area contributed by atoms with Gasteiger partial charge in [-0.2, -0.15) is 0 Å². The summed E-state index contributed by atoms with van der Waals surface area (Å²) < 4.78 is 13.2. The van der Waals surface area contributed by atoms with Gasteiger partial charge in [-0.1, -0.05) is 24.3 Å². The van der Waals surface area contributed by atoms with Crippen LogP contribution >= 0.6 is 0 Å². The van der Waals surface area contributed by atoms with Gasteiger partial charge in [-0.3, -0.25) is 29.2 Å². The van der Waals surface area contributed by atoms with Gasteiger partial charge in [0.1, 0.15) is 11.5 Å². The lowest BCUT2D eigenvalue weighted by molar-refractivity contribution is 0.415. The number of nitrogens with one attached hydrogen (secondary N) is 2. The van der Waals surface area contributed by atoms with E-state index in [0.717, 1.165) is 34.0 Å². The van der Waals surface area contributed by atoms with E-state index in [9.17, 15) is 9.59 Å². The van der Waals surface area contributed by atoms with E-state index in [4.69, 9.17) is 9.47 Å². The van der Waals surface area contributed by atoms with Crippen molar-refractivity contribution < 1.29 is 9.47 Å². The van der Waals surface area contributed by atoms with Gasteiger partial charge >= 0.3 is 0 Å². The Morgan fingerprint density at radius 2 is 1.06 bits per heavy atom. The van der Waals surface area contributed by atoms with Crippen LogP contribution in [0, 0.1) is 13.8 Å². The quantitative estimate of drug-likeness (QED) is 0.513. The molecule has 0 aliphatic heterocycles. The van der Waals surface area contributed by atoms with Gasteiger partial charge in [-0.25, -0.2) is 0 Å². The third-order valence-electron chi connectivity index (χ3n) is 5.17. The Morgan fingerprint density at radius 1 is 0.688 bits per heavy atom. The summed E-state index contributed by atoms with van der Waals surface area (Å²) >= 11 is 0. The fraction of sp³-hybridized carbons (Fsp3) is 0.250. The standard InChI is InChI=1S/2C12H14N2O2/c2*1-8-11(12(15)14(2)13-8)9-5-4-6-10(7-9)16-3/h2*4-7,13H,1-3H3. The summed E-state index contributed by atoms with van der Waals surface area (Å²) in [6.07, 6.45) is 0. The van der Waals surface area contributed by atoms with Crippen molar-refractivity contribution >= 4 is 0 Å². The number of aromatic nitrogens is 4. The van der Waals surface area contributed by atoms with Crippen LogP contribution in [0.15, 0.2) is 58.1 Å². The topological polar surface area (TPSA) is 94.0 Å². The van der Waals surface area contributed by atoms with Crippen molar-refractivity contribution in [3.8, 4) is 33.8 Å². The number of hydrogen-bond donors (Lipinski definition) is 2. The van der Waals surface area contributed by atoms with Crippen molar-refractivity contribution in [1.82, 2.24) is 19.6 Å². The molecule has 0 fully saturated rings.